The molecular formula is C9H7BrF5N3. The normalized spacial score (nSPS) is 13.5. The summed E-state index contributed by atoms with van der Waals surface area (Å²) >= 11 is 3.03. The lowest BCUT2D eigenvalue weighted by Crippen LogP contribution is -2.51. The first-order valence-corrected chi connectivity index (χ1v) is 5.32. The fourth-order valence-electron chi connectivity index (χ4n) is 1.45. The lowest BCUT2D eigenvalue weighted by Gasteiger charge is -2.31. The van der Waals surface area contributed by atoms with Gasteiger partial charge in [0.1, 0.15) is 0 Å². The number of nitrogens with zero attached hydrogens (tertiary/aromatic N) is 3. The Bertz CT molecular complexity index is 426. The van der Waals surface area contributed by atoms with Crippen molar-refractivity contribution in [3.8, 4) is 0 Å². The minimum Gasteiger partial charge on any atom is -0.0985 e. The molecule has 0 unspecified atom stereocenters. The Morgan fingerprint density at radius 2 is 1.56 bits per heavy atom. The zero-order chi connectivity index (χ0) is 13.9. The Morgan fingerprint density at radius 3 is 1.89 bits per heavy atom. The summed E-state index contributed by atoms with van der Waals surface area (Å²) in [6.45, 7) is 0.736. The SMILES string of the molecule is CC(=NF)C(c1ccc(Br)cc1)(N(F)F)N(F)F. The zero-order valence-electron chi connectivity index (χ0n) is 8.92. The predicted octanol–water partition coefficient (Wildman–Crippen LogP) is 4.09. The third-order valence-electron chi connectivity index (χ3n) is 2.37. The van der Waals surface area contributed by atoms with E-state index in [2.05, 4.69) is 15.9 Å². The zero-order valence-corrected chi connectivity index (χ0v) is 10.5. The highest BCUT2D eigenvalue weighted by Crippen LogP contribution is 2.37. The van der Waals surface area contributed by atoms with Crippen molar-refractivity contribution in [2.45, 2.75) is 12.6 Å². The Labute approximate surface area is 107 Å². The molecular weight excluding hydrogens is 325 g/mol. The largest absolute Gasteiger partial charge is 0.260 e. The second-order valence-corrected chi connectivity index (χ2v) is 4.23. The van der Waals surface area contributed by atoms with Crippen LogP contribution in [0.15, 0.2) is 34.0 Å². The van der Waals surface area contributed by atoms with Crippen LogP contribution >= 0.6 is 15.9 Å². The first-order valence-electron chi connectivity index (χ1n) is 4.53. The van der Waals surface area contributed by atoms with E-state index in [1.165, 1.54) is 12.1 Å². The van der Waals surface area contributed by atoms with E-state index in [9.17, 15) is 22.4 Å². The molecule has 1 aromatic carbocycles. The van der Waals surface area contributed by atoms with Crippen molar-refractivity contribution in [1.82, 2.24) is 10.7 Å². The van der Waals surface area contributed by atoms with E-state index in [4.69, 9.17) is 0 Å². The summed E-state index contributed by atoms with van der Waals surface area (Å²) in [6.07, 6.45) is 0. The third-order valence-corrected chi connectivity index (χ3v) is 2.90. The van der Waals surface area contributed by atoms with Crippen LogP contribution in [0.5, 0.6) is 0 Å². The van der Waals surface area contributed by atoms with E-state index in [-0.39, 0.29) is 0 Å². The summed E-state index contributed by atoms with van der Waals surface area (Å²) in [7, 11) is 0. The summed E-state index contributed by atoms with van der Waals surface area (Å²) in [5.41, 5.74) is -4.98. The molecule has 0 aliphatic rings. The van der Waals surface area contributed by atoms with Crippen molar-refractivity contribution in [2.75, 3.05) is 0 Å². The van der Waals surface area contributed by atoms with Gasteiger partial charge < -0.3 is 0 Å². The lowest BCUT2D eigenvalue weighted by atomic mass is 9.96. The van der Waals surface area contributed by atoms with Gasteiger partial charge in [-0.3, -0.25) is 0 Å². The number of hydrogen-bond donors (Lipinski definition) is 0. The van der Waals surface area contributed by atoms with E-state index < -0.39 is 27.6 Å². The standard InChI is InChI=1S/C9H7BrF5N3/c1-6(16-11)9(17(12)13,18(14)15)7-2-4-8(10)5-3-7/h2-5H,1H3. The molecule has 0 aromatic heterocycles. The molecule has 0 radical (unpaired) electrons. The first-order chi connectivity index (χ1) is 8.37. The highest BCUT2D eigenvalue weighted by Gasteiger charge is 2.52. The van der Waals surface area contributed by atoms with Gasteiger partial charge in [-0.1, -0.05) is 55.7 Å². The fraction of sp³-hybridized carbons (Fsp3) is 0.222. The summed E-state index contributed by atoms with van der Waals surface area (Å²) in [6, 6.07) is 4.58. The molecule has 0 aliphatic carbocycles. The molecule has 0 fully saturated rings. The molecule has 0 heterocycles. The van der Waals surface area contributed by atoms with Crippen molar-refractivity contribution in [3.05, 3.63) is 34.3 Å². The average molecular weight is 332 g/mol. The van der Waals surface area contributed by atoms with E-state index in [0.717, 1.165) is 19.1 Å². The minimum atomic E-state index is -3.35. The third kappa shape index (κ3) is 2.38. The molecule has 0 spiro atoms. The molecule has 0 saturated carbocycles. The molecule has 1 rings (SSSR count). The van der Waals surface area contributed by atoms with Crippen LogP contribution < -0.4 is 0 Å². The van der Waals surface area contributed by atoms with Gasteiger partial charge >= 0.3 is 0 Å². The number of hydrogen-bond acceptors (Lipinski definition) is 3. The summed E-state index contributed by atoms with van der Waals surface area (Å²) in [5, 5.41) is -1.63. The molecule has 3 nitrogen and oxygen atoms in total. The Hall–Kier alpha value is -1.06. The second kappa shape index (κ2) is 5.72. The van der Waals surface area contributed by atoms with Gasteiger partial charge in [0.05, 0.1) is 16.4 Å². The molecule has 18 heavy (non-hydrogen) atoms. The average Bonchev–Trinajstić information content (AvgIpc) is 2.31. The maximum atomic E-state index is 12.9. The highest BCUT2D eigenvalue weighted by molar-refractivity contribution is 9.10. The molecule has 0 bridgehead atoms. The van der Waals surface area contributed by atoms with Crippen molar-refractivity contribution in [1.29, 1.82) is 0 Å². The van der Waals surface area contributed by atoms with Crippen LogP contribution in [0.3, 0.4) is 0 Å². The van der Waals surface area contributed by atoms with E-state index >= 15 is 0 Å². The van der Waals surface area contributed by atoms with Crippen LogP contribution in [-0.4, -0.2) is 16.4 Å². The number of rotatable bonds is 4. The second-order valence-electron chi connectivity index (χ2n) is 3.31. The Kier molecular flexibility index (Phi) is 4.77. The van der Waals surface area contributed by atoms with Crippen LogP contribution in [0.25, 0.3) is 0 Å². The van der Waals surface area contributed by atoms with Crippen LogP contribution in [0, 0.1) is 0 Å². The van der Waals surface area contributed by atoms with Gasteiger partial charge in [0.15, 0.2) is 0 Å². The van der Waals surface area contributed by atoms with Crippen LogP contribution in [0.2, 0.25) is 0 Å². The van der Waals surface area contributed by atoms with Crippen molar-refractivity contribution in [2.24, 2.45) is 5.21 Å². The smallest absolute Gasteiger partial charge is 0.0985 e. The molecule has 0 amide bonds. The number of benzene rings is 1. The Morgan fingerprint density at radius 1 is 1.11 bits per heavy atom. The molecule has 100 valence electrons. The quantitative estimate of drug-likeness (QED) is 0.358. The Balaban J connectivity index is 3.49. The predicted molar refractivity (Wildman–Crippen MR) is 58.1 cm³/mol. The molecule has 0 N–H and O–H groups in total. The lowest BCUT2D eigenvalue weighted by molar-refractivity contribution is -0.351. The molecule has 1 aromatic rings. The van der Waals surface area contributed by atoms with Crippen molar-refractivity contribution < 1.29 is 22.4 Å². The van der Waals surface area contributed by atoms with E-state index in [1.54, 1.807) is 0 Å². The maximum Gasteiger partial charge on any atom is 0.260 e. The van der Waals surface area contributed by atoms with Gasteiger partial charge in [0.25, 0.3) is 5.66 Å². The van der Waals surface area contributed by atoms with Crippen molar-refractivity contribution in [3.63, 3.8) is 0 Å². The van der Waals surface area contributed by atoms with Crippen LogP contribution in [0.4, 0.5) is 22.4 Å². The molecule has 0 atom stereocenters. The van der Waals surface area contributed by atoms with Crippen molar-refractivity contribution >= 4 is 21.6 Å². The summed E-state index contributed by atoms with van der Waals surface area (Å²) in [4.78, 5) is 0. The fourth-order valence-corrected chi connectivity index (χ4v) is 1.71. The van der Waals surface area contributed by atoms with Gasteiger partial charge in [-0.2, -0.15) is 0 Å². The van der Waals surface area contributed by atoms with Gasteiger partial charge in [-0.15, -0.1) is 0 Å². The number of halogens is 6. The van der Waals surface area contributed by atoms with Gasteiger partial charge in [-0.25, -0.2) is 0 Å². The molecule has 9 heteroatoms. The van der Waals surface area contributed by atoms with Gasteiger partial charge in [0, 0.05) is 10.0 Å². The minimum absolute atomic E-state index is 0.503. The topological polar surface area (TPSA) is 18.8 Å². The first kappa shape index (κ1) is 15.0. The van der Waals surface area contributed by atoms with Crippen LogP contribution in [-0.2, 0) is 5.66 Å². The van der Waals surface area contributed by atoms with E-state index in [0.29, 0.717) is 4.47 Å². The molecule has 0 aliphatic heterocycles. The van der Waals surface area contributed by atoms with Gasteiger partial charge in [0.2, 0.25) is 0 Å². The van der Waals surface area contributed by atoms with Gasteiger partial charge in [-0.05, 0) is 19.1 Å². The van der Waals surface area contributed by atoms with E-state index in [1.807, 2.05) is 5.21 Å². The maximum absolute atomic E-state index is 12.9. The van der Waals surface area contributed by atoms with Crippen LogP contribution in [0.1, 0.15) is 12.5 Å². The summed E-state index contributed by atoms with van der Waals surface area (Å²) in [5.74, 6) is 0. The monoisotopic (exact) mass is 331 g/mol. The molecule has 0 saturated heterocycles. The highest BCUT2D eigenvalue weighted by atomic mass is 79.9. The summed E-state index contributed by atoms with van der Waals surface area (Å²) < 4.78 is 64.3.